The number of carbonyl (C=O) groups excluding carboxylic acids is 3. The number of hydrogen-bond acceptors (Lipinski definition) is 3. The first-order valence-corrected chi connectivity index (χ1v) is 7.62. The molecule has 1 aliphatic rings. The fourth-order valence-electron chi connectivity index (χ4n) is 3.01. The molecule has 0 aliphatic carbocycles. The molecule has 3 rings (SSSR count). The lowest BCUT2D eigenvalue weighted by molar-refractivity contribution is -0.125. The van der Waals surface area contributed by atoms with E-state index in [4.69, 9.17) is 0 Å². The van der Waals surface area contributed by atoms with Crippen molar-refractivity contribution in [1.82, 2.24) is 0 Å². The molecular weight excluding hydrogens is 290 g/mol. The number of aldehydes is 1. The molecule has 1 aliphatic heterocycles. The van der Waals surface area contributed by atoms with Gasteiger partial charge in [-0.2, -0.15) is 0 Å². The van der Waals surface area contributed by atoms with Crippen LogP contribution >= 0.6 is 0 Å². The fraction of sp³-hybridized carbons (Fsp3) is 0.211. The molecule has 0 aromatic heterocycles. The number of para-hydroxylation sites is 1. The number of hydrogen-bond donors (Lipinski definition) is 0. The predicted molar refractivity (Wildman–Crippen MR) is 86.7 cm³/mol. The van der Waals surface area contributed by atoms with E-state index in [0.29, 0.717) is 12.1 Å². The highest BCUT2D eigenvalue weighted by molar-refractivity contribution is 6.21. The maximum Gasteiger partial charge on any atom is 0.238 e. The van der Waals surface area contributed by atoms with Gasteiger partial charge in [-0.1, -0.05) is 48.5 Å². The lowest BCUT2D eigenvalue weighted by Gasteiger charge is -2.18. The molecule has 1 heterocycles. The van der Waals surface area contributed by atoms with Gasteiger partial charge in [0.2, 0.25) is 11.8 Å². The molecule has 2 aromatic carbocycles. The summed E-state index contributed by atoms with van der Waals surface area (Å²) < 4.78 is 0. The minimum atomic E-state index is -0.583. The summed E-state index contributed by atoms with van der Waals surface area (Å²) in [5, 5.41) is 0. The number of rotatable bonds is 5. The zero-order valence-electron chi connectivity index (χ0n) is 12.6. The van der Waals surface area contributed by atoms with Crippen LogP contribution in [0.4, 0.5) is 5.69 Å². The van der Waals surface area contributed by atoms with Crippen molar-refractivity contribution in [2.24, 2.45) is 11.8 Å². The van der Waals surface area contributed by atoms with Gasteiger partial charge in [0, 0.05) is 12.3 Å². The molecule has 2 aromatic rings. The van der Waals surface area contributed by atoms with E-state index in [1.54, 1.807) is 24.3 Å². The molecule has 0 spiro atoms. The summed E-state index contributed by atoms with van der Waals surface area (Å²) in [6.45, 7) is 0. The molecule has 1 saturated heterocycles. The second-order valence-electron chi connectivity index (χ2n) is 5.70. The van der Waals surface area contributed by atoms with Crippen molar-refractivity contribution in [3.63, 3.8) is 0 Å². The topological polar surface area (TPSA) is 54.5 Å². The van der Waals surface area contributed by atoms with Crippen molar-refractivity contribution in [3.8, 4) is 0 Å². The minimum absolute atomic E-state index is 0.0873. The Kier molecular flexibility index (Phi) is 4.33. The van der Waals surface area contributed by atoms with Gasteiger partial charge >= 0.3 is 0 Å². The van der Waals surface area contributed by atoms with Crippen LogP contribution in [0.1, 0.15) is 12.0 Å². The lowest BCUT2D eigenvalue weighted by atomic mass is 9.87. The number of imide groups is 1. The summed E-state index contributed by atoms with van der Waals surface area (Å²) in [6, 6.07) is 18.4. The third kappa shape index (κ3) is 3.06. The third-order valence-electron chi connectivity index (χ3n) is 4.20. The van der Waals surface area contributed by atoms with Crippen LogP contribution in [-0.4, -0.2) is 18.1 Å². The fourth-order valence-corrected chi connectivity index (χ4v) is 3.01. The van der Waals surface area contributed by atoms with E-state index in [1.165, 1.54) is 4.90 Å². The van der Waals surface area contributed by atoms with Gasteiger partial charge in [0.15, 0.2) is 0 Å². The summed E-state index contributed by atoms with van der Waals surface area (Å²) in [7, 11) is 0. The Labute approximate surface area is 134 Å². The maximum absolute atomic E-state index is 12.7. The van der Waals surface area contributed by atoms with E-state index in [2.05, 4.69) is 0 Å². The first kappa shape index (κ1) is 15.2. The van der Waals surface area contributed by atoms with Gasteiger partial charge in [0.1, 0.15) is 6.29 Å². The van der Waals surface area contributed by atoms with Gasteiger partial charge in [0.25, 0.3) is 0 Å². The smallest absolute Gasteiger partial charge is 0.238 e. The highest BCUT2D eigenvalue weighted by Gasteiger charge is 2.43. The van der Waals surface area contributed by atoms with Crippen molar-refractivity contribution in [2.75, 3.05) is 4.90 Å². The summed E-state index contributed by atoms with van der Waals surface area (Å²) >= 11 is 0. The Morgan fingerprint density at radius 3 is 2.22 bits per heavy atom. The Balaban J connectivity index is 1.81. The molecule has 0 saturated carbocycles. The molecule has 116 valence electrons. The van der Waals surface area contributed by atoms with Gasteiger partial charge in [-0.05, 0) is 24.1 Å². The maximum atomic E-state index is 12.7. The number of anilines is 1. The highest BCUT2D eigenvalue weighted by atomic mass is 16.2. The molecule has 0 unspecified atom stereocenters. The van der Waals surface area contributed by atoms with Crippen molar-refractivity contribution in [1.29, 1.82) is 0 Å². The zero-order chi connectivity index (χ0) is 16.2. The largest absolute Gasteiger partial charge is 0.303 e. The van der Waals surface area contributed by atoms with Gasteiger partial charge < -0.3 is 4.79 Å². The molecule has 1 fully saturated rings. The van der Waals surface area contributed by atoms with E-state index in [-0.39, 0.29) is 18.2 Å². The van der Waals surface area contributed by atoms with E-state index >= 15 is 0 Å². The Morgan fingerprint density at radius 2 is 1.61 bits per heavy atom. The normalized spacial score (nSPS) is 19.0. The lowest BCUT2D eigenvalue weighted by Crippen LogP contribution is -2.33. The summed E-state index contributed by atoms with van der Waals surface area (Å²) in [6.07, 6.45) is 1.36. The van der Waals surface area contributed by atoms with Crippen LogP contribution in [-0.2, 0) is 20.8 Å². The standard InChI is InChI=1S/C19H17NO3/c21-13-15(11-14-7-3-1-4-8-14)17-12-18(22)20(19(17)23)16-9-5-2-6-10-16/h1-10,13,15,17H,11-12H2/t15-,17-/m0/s1. The zero-order valence-corrected chi connectivity index (χ0v) is 12.6. The molecular formula is C19H17NO3. The SMILES string of the molecule is O=C[C@H](Cc1ccccc1)[C@@H]1CC(=O)N(c2ccccc2)C1=O. The van der Waals surface area contributed by atoms with Crippen molar-refractivity contribution in [2.45, 2.75) is 12.8 Å². The van der Waals surface area contributed by atoms with Crippen molar-refractivity contribution >= 4 is 23.8 Å². The molecule has 23 heavy (non-hydrogen) atoms. The van der Waals surface area contributed by atoms with Crippen LogP contribution in [0, 0.1) is 11.8 Å². The first-order valence-electron chi connectivity index (χ1n) is 7.62. The number of nitrogens with zero attached hydrogens (tertiary/aromatic N) is 1. The van der Waals surface area contributed by atoms with E-state index in [0.717, 1.165) is 11.8 Å². The Morgan fingerprint density at radius 1 is 1.00 bits per heavy atom. The number of carbonyl (C=O) groups is 3. The van der Waals surface area contributed by atoms with Crippen molar-refractivity contribution in [3.05, 3.63) is 66.2 Å². The van der Waals surface area contributed by atoms with Crippen LogP contribution < -0.4 is 4.90 Å². The average Bonchev–Trinajstić information content (AvgIpc) is 2.89. The van der Waals surface area contributed by atoms with Crippen LogP contribution in [0.15, 0.2) is 60.7 Å². The molecule has 4 nitrogen and oxygen atoms in total. The van der Waals surface area contributed by atoms with Crippen LogP contribution in [0.3, 0.4) is 0 Å². The summed E-state index contributed by atoms with van der Waals surface area (Å²) in [4.78, 5) is 37.6. The van der Waals surface area contributed by atoms with Gasteiger partial charge in [-0.25, -0.2) is 0 Å². The second kappa shape index (κ2) is 6.57. The summed E-state index contributed by atoms with van der Waals surface area (Å²) in [5.74, 6) is -1.59. The van der Waals surface area contributed by atoms with E-state index < -0.39 is 11.8 Å². The molecule has 4 heteroatoms. The third-order valence-corrected chi connectivity index (χ3v) is 4.20. The Hall–Kier alpha value is -2.75. The van der Waals surface area contributed by atoms with Crippen LogP contribution in [0.25, 0.3) is 0 Å². The molecule has 0 N–H and O–H groups in total. The van der Waals surface area contributed by atoms with E-state index in [9.17, 15) is 14.4 Å². The quantitative estimate of drug-likeness (QED) is 0.630. The summed E-state index contributed by atoms with van der Waals surface area (Å²) in [5.41, 5.74) is 1.55. The Bertz CT molecular complexity index is 712. The van der Waals surface area contributed by atoms with Crippen molar-refractivity contribution < 1.29 is 14.4 Å². The molecule has 2 atom stereocenters. The molecule has 0 radical (unpaired) electrons. The van der Waals surface area contributed by atoms with Crippen LogP contribution in [0.5, 0.6) is 0 Å². The highest BCUT2D eigenvalue weighted by Crippen LogP contribution is 2.31. The predicted octanol–water partition coefficient (Wildman–Crippen LogP) is 2.62. The number of benzene rings is 2. The van der Waals surface area contributed by atoms with Crippen LogP contribution in [0.2, 0.25) is 0 Å². The second-order valence-corrected chi connectivity index (χ2v) is 5.70. The number of amides is 2. The van der Waals surface area contributed by atoms with E-state index in [1.807, 2.05) is 36.4 Å². The molecule has 2 amide bonds. The van der Waals surface area contributed by atoms with Gasteiger partial charge in [-0.15, -0.1) is 0 Å². The first-order chi connectivity index (χ1) is 11.2. The van der Waals surface area contributed by atoms with Gasteiger partial charge in [0.05, 0.1) is 11.6 Å². The average molecular weight is 307 g/mol. The minimum Gasteiger partial charge on any atom is -0.303 e. The molecule has 0 bridgehead atoms. The monoisotopic (exact) mass is 307 g/mol. The van der Waals surface area contributed by atoms with Gasteiger partial charge in [-0.3, -0.25) is 14.5 Å².